The molecule has 0 spiro atoms. The van der Waals surface area contributed by atoms with Crippen LogP contribution in [0.4, 0.5) is 0 Å². The summed E-state index contributed by atoms with van der Waals surface area (Å²) in [6.45, 7) is 3.04. The Labute approximate surface area is 112 Å². The summed E-state index contributed by atoms with van der Waals surface area (Å²) in [5.74, 6) is 0.302. The maximum atomic E-state index is 12.0. The van der Waals surface area contributed by atoms with Crippen molar-refractivity contribution in [3.63, 3.8) is 0 Å². The van der Waals surface area contributed by atoms with Crippen LogP contribution in [0.1, 0.15) is 43.6 Å². The molecule has 1 aromatic rings. The fourth-order valence-corrected chi connectivity index (χ4v) is 3.57. The Balaban J connectivity index is 1.98. The molecular weight excluding hydrogens is 268 g/mol. The van der Waals surface area contributed by atoms with E-state index in [2.05, 4.69) is 9.88 Å². The molecule has 7 heteroatoms. The standard InChI is InChI=1S/C12H18N2O4S/c1-8-12(9(2)18-13-8)19(16,17)14-11(15)7-6-10-4-3-5-10/h10H,3-7H2,1-2H3,(H,14,15). The van der Waals surface area contributed by atoms with Crippen molar-refractivity contribution in [1.29, 1.82) is 0 Å². The van der Waals surface area contributed by atoms with Gasteiger partial charge in [-0.3, -0.25) is 4.79 Å². The van der Waals surface area contributed by atoms with E-state index in [-0.39, 0.29) is 22.8 Å². The zero-order valence-electron chi connectivity index (χ0n) is 11.1. The van der Waals surface area contributed by atoms with Gasteiger partial charge in [0.05, 0.1) is 0 Å². The number of nitrogens with one attached hydrogen (secondary N) is 1. The molecular formula is C12H18N2O4S. The molecule has 0 radical (unpaired) electrons. The lowest BCUT2D eigenvalue weighted by Gasteiger charge is -2.24. The van der Waals surface area contributed by atoms with Gasteiger partial charge in [0.2, 0.25) is 5.91 Å². The van der Waals surface area contributed by atoms with E-state index < -0.39 is 15.9 Å². The molecule has 1 aromatic heterocycles. The number of aryl methyl sites for hydroxylation is 2. The van der Waals surface area contributed by atoms with Crippen LogP contribution in [0.15, 0.2) is 9.42 Å². The van der Waals surface area contributed by atoms with Crippen LogP contribution in [-0.4, -0.2) is 19.5 Å². The molecule has 1 heterocycles. The number of carbonyl (C=O) groups excluding carboxylic acids is 1. The van der Waals surface area contributed by atoms with E-state index in [1.807, 2.05) is 0 Å². The molecule has 0 atom stereocenters. The Hall–Kier alpha value is -1.37. The summed E-state index contributed by atoms with van der Waals surface area (Å²) in [7, 11) is -3.87. The highest BCUT2D eigenvalue weighted by atomic mass is 32.2. The minimum absolute atomic E-state index is 0.0375. The Morgan fingerprint density at radius 3 is 2.58 bits per heavy atom. The molecule has 19 heavy (non-hydrogen) atoms. The summed E-state index contributed by atoms with van der Waals surface area (Å²) in [5.41, 5.74) is 0.261. The quantitative estimate of drug-likeness (QED) is 0.889. The van der Waals surface area contributed by atoms with Crippen molar-refractivity contribution in [2.75, 3.05) is 0 Å². The SMILES string of the molecule is Cc1noc(C)c1S(=O)(=O)NC(=O)CCC1CCC1. The van der Waals surface area contributed by atoms with E-state index in [0.717, 1.165) is 19.3 Å². The van der Waals surface area contributed by atoms with Gasteiger partial charge < -0.3 is 4.52 Å². The van der Waals surface area contributed by atoms with Crippen molar-refractivity contribution in [3.05, 3.63) is 11.5 Å². The Kier molecular flexibility index (Phi) is 3.93. The molecule has 1 aliphatic carbocycles. The average molecular weight is 286 g/mol. The number of amides is 1. The van der Waals surface area contributed by atoms with Gasteiger partial charge in [-0.15, -0.1) is 0 Å². The van der Waals surface area contributed by atoms with Gasteiger partial charge in [-0.2, -0.15) is 0 Å². The zero-order valence-corrected chi connectivity index (χ0v) is 11.9. The first-order chi connectivity index (χ1) is 8.90. The molecule has 106 valence electrons. The minimum atomic E-state index is -3.87. The van der Waals surface area contributed by atoms with Gasteiger partial charge >= 0.3 is 0 Å². The summed E-state index contributed by atoms with van der Waals surface area (Å²) < 4.78 is 31.0. The lowest BCUT2D eigenvalue weighted by molar-refractivity contribution is -0.119. The second-order valence-corrected chi connectivity index (χ2v) is 6.64. The topological polar surface area (TPSA) is 89.3 Å². The normalized spacial score (nSPS) is 16.1. The molecule has 0 aliphatic heterocycles. The first kappa shape index (κ1) is 14.0. The van der Waals surface area contributed by atoms with E-state index in [0.29, 0.717) is 5.92 Å². The minimum Gasteiger partial charge on any atom is -0.360 e. The molecule has 0 unspecified atom stereocenters. The molecule has 1 aliphatic rings. The summed E-state index contributed by atoms with van der Waals surface area (Å²) in [4.78, 5) is 11.6. The molecule has 0 bridgehead atoms. The number of aromatic nitrogens is 1. The smallest absolute Gasteiger partial charge is 0.269 e. The Morgan fingerprint density at radius 2 is 2.11 bits per heavy atom. The van der Waals surface area contributed by atoms with E-state index in [4.69, 9.17) is 4.52 Å². The average Bonchev–Trinajstić information content (AvgIpc) is 2.55. The van der Waals surface area contributed by atoms with E-state index >= 15 is 0 Å². The highest BCUT2D eigenvalue weighted by Gasteiger charge is 2.26. The summed E-state index contributed by atoms with van der Waals surface area (Å²) >= 11 is 0. The van der Waals surface area contributed by atoms with Gasteiger partial charge in [0.15, 0.2) is 10.7 Å². The van der Waals surface area contributed by atoms with E-state index in [9.17, 15) is 13.2 Å². The molecule has 1 saturated carbocycles. The van der Waals surface area contributed by atoms with Crippen molar-refractivity contribution in [3.8, 4) is 0 Å². The first-order valence-electron chi connectivity index (χ1n) is 6.38. The van der Waals surface area contributed by atoms with Gasteiger partial charge in [0, 0.05) is 6.42 Å². The molecule has 1 N–H and O–H groups in total. The largest absolute Gasteiger partial charge is 0.360 e. The van der Waals surface area contributed by atoms with Crippen molar-refractivity contribution in [2.45, 2.75) is 50.8 Å². The third-order valence-corrected chi connectivity index (χ3v) is 5.11. The monoisotopic (exact) mass is 286 g/mol. The number of carbonyl (C=O) groups is 1. The van der Waals surface area contributed by atoms with Crippen molar-refractivity contribution in [1.82, 2.24) is 9.88 Å². The number of sulfonamides is 1. The number of hydrogen-bond acceptors (Lipinski definition) is 5. The molecule has 0 saturated heterocycles. The molecule has 6 nitrogen and oxygen atoms in total. The maximum Gasteiger partial charge on any atom is 0.269 e. The van der Waals surface area contributed by atoms with Crippen LogP contribution in [0.2, 0.25) is 0 Å². The van der Waals surface area contributed by atoms with Crippen LogP contribution in [-0.2, 0) is 14.8 Å². The predicted octanol–water partition coefficient (Wildman–Crippen LogP) is 1.68. The van der Waals surface area contributed by atoms with E-state index in [1.54, 1.807) is 0 Å². The van der Waals surface area contributed by atoms with Gasteiger partial charge in [0.25, 0.3) is 10.0 Å². The fraction of sp³-hybridized carbons (Fsp3) is 0.667. The Morgan fingerprint density at radius 1 is 1.42 bits per heavy atom. The van der Waals surface area contributed by atoms with Gasteiger partial charge in [-0.05, 0) is 26.2 Å². The second kappa shape index (κ2) is 5.32. The number of nitrogens with zero attached hydrogens (tertiary/aromatic N) is 1. The first-order valence-corrected chi connectivity index (χ1v) is 7.87. The van der Waals surface area contributed by atoms with E-state index in [1.165, 1.54) is 20.3 Å². The summed E-state index contributed by atoms with van der Waals surface area (Å²) in [6, 6.07) is 0. The van der Waals surface area contributed by atoms with Crippen molar-refractivity contribution < 1.29 is 17.7 Å². The van der Waals surface area contributed by atoms with Gasteiger partial charge in [-0.25, -0.2) is 13.1 Å². The van der Waals surface area contributed by atoms with Gasteiger partial charge in [0.1, 0.15) is 5.69 Å². The summed E-state index contributed by atoms with van der Waals surface area (Å²) in [5, 5.41) is 3.58. The van der Waals surface area contributed by atoms with Crippen LogP contribution in [0, 0.1) is 19.8 Å². The molecule has 2 rings (SSSR count). The maximum absolute atomic E-state index is 12.0. The van der Waals surface area contributed by atoms with Crippen LogP contribution < -0.4 is 4.72 Å². The second-order valence-electron chi connectivity index (χ2n) is 5.02. The lowest BCUT2D eigenvalue weighted by Crippen LogP contribution is -2.31. The van der Waals surface area contributed by atoms with Gasteiger partial charge in [-0.1, -0.05) is 24.4 Å². The zero-order chi connectivity index (χ0) is 14.0. The van der Waals surface area contributed by atoms with Crippen LogP contribution in [0.25, 0.3) is 0 Å². The number of rotatable bonds is 5. The third kappa shape index (κ3) is 3.15. The lowest BCUT2D eigenvalue weighted by atomic mass is 9.82. The van der Waals surface area contributed by atoms with Crippen LogP contribution in [0.5, 0.6) is 0 Å². The van der Waals surface area contributed by atoms with Crippen molar-refractivity contribution >= 4 is 15.9 Å². The highest BCUT2D eigenvalue weighted by molar-refractivity contribution is 7.90. The molecule has 0 aromatic carbocycles. The third-order valence-electron chi connectivity index (χ3n) is 3.49. The molecule has 1 fully saturated rings. The molecule has 1 amide bonds. The highest BCUT2D eigenvalue weighted by Crippen LogP contribution is 2.30. The fourth-order valence-electron chi connectivity index (χ4n) is 2.23. The van der Waals surface area contributed by atoms with Crippen molar-refractivity contribution in [2.24, 2.45) is 5.92 Å². The van der Waals surface area contributed by atoms with Crippen LogP contribution in [0.3, 0.4) is 0 Å². The number of hydrogen-bond donors (Lipinski definition) is 1. The Bertz CT molecular complexity index is 553. The van der Waals surface area contributed by atoms with Crippen LogP contribution >= 0.6 is 0 Å². The summed E-state index contributed by atoms with van der Waals surface area (Å²) in [6.07, 6.45) is 4.49. The predicted molar refractivity (Wildman–Crippen MR) is 67.9 cm³/mol.